The van der Waals surface area contributed by atoms with Crippen molar-refractivity contribution in [3.8, 4) is 0 Å². The van der Waals surface area contributed by atoms with Crippen LogP contribution in [-0.2, 0) is 0 Å². The van der Waals surface area contributed by atoms with E-state index in [0.717, 1.165) is 21.9 Å². The largest absolute Gasteiger partial charge is 0.289 e. The molecule has 0 spiro atoms. The molecule has 0 heterocycles. The highest BCUT2D eigenvalue weighted by Crippen LogP contribution is 2.31. The summed E-state index contributed by atoms with van der Waals surface area (Å²) in [6, 6.07) is 15.2. The molecule has 3 aromatic rings. The first-order valence-corrected chi connectivity index (χ1v) is 7.29. The lowest BCUT2D eigenvalue weighted by atomic mass is 9.82. The van der Waals surface area contributed by atoms with E-state index in [1.54, 1.807) is 12.1 Å². The number of rotatable bonds is 0. The average molecular weight is 286 g/mol. The molecule has 1 aliphatic rings. The van der Waals surface area contributed by atoms with Crippen molar-refractivity contribution in [2.45, 2.75) is 13.8 Å². The lowest BCUT2D eigenvalue weighted by Crippen LogP contribution is -2.21. The van der Waals surface area contributed by atoms with Crippen LogP contribution < -0.4 is 0 Å². The van der Waals surface area contributed by atoms with Crippen LogP contribution in [0.2, 0.25) is 0 Å². The summed E-state index contributed by atoms with van der Waals surface area (Å²) >= 11 is 0. The van der Waals surface area contributed by atoms with Gasteiger partial charge in [-0.25, -0.2) is 0 Å². The third kappa shape index (κ3) is 1.74. The molecule has 0 amide bonds. The number of fused-ring (bicyclic) bond motifs is 3. The molecular formula is C20H14O2. The van der Waals surface area contributed by atoms with E-state index in [-0.39, 0.29) is 11.6 Å². The minimum atomic E-state index is -0.0629. The molecule has 0 radical (unpaired) electrons. The summed E-state index contributed by atoms with van der Waals surface area (Å²) in [7, 11) is 0. The second-order valence-electron chi connectivity index (χ2n) is 5.96. The van der Waals surface area contributed by atoms with Crippen LogP contribution in [-0.4, -0.2) is 11.6 Å². The van der Waals surface area contributed by atoms with Gasteiger partial charge in [-0.05, 0) is 42.8 Å². The summed E-state index contributed by atoms with van der Waals surface area (Å²) < 4.78 is 0. The average Bonchev–Trinajstić information content (AvgIpc) is 2.51. The Bertz CT molecular complexity index is 980. The van der Waals surface area contributed by atoms with Crippen LogP contribution in [0.3, 0.4) is 0 Å². The van der Waals surface area contributed by atoms with Gasteiger partial charge in [0, 0.05) is 22.3 Å². The summed E-state index contributed by atoms with van der Waals surface area (Å²) in [5.41, 5.74) is 4.18. The van der Waals surface area contributed by atoms with Crippen LogP contribution in [0.1, 0.15) is 43.0 Å². The van der Waals surface area contributed by atoms with Gasteiger partial charge >= 0.3 is 0 Å². The number of carbonyl (C=O) groups is 2. The van der Waals surface area contributed by atoms with Crippen molar-refractivity contribution in [1.82, 2.24) is 0 Å². The van der Waals surface area contributed by atoms with E-state index in [4.69, 9.17) is 0 Å². The molecule has 0 unspecified atom stereocenters. The highest BCUT2D eigenvalue weighted by molar-refractivity contribution is 6.29. The number of hydrogen-bond acceptors (Lipinski definition) is 2. The van der Waals surface area contributed by atoms with Crippen LogP contribution in [0.5, 0.6) is 0 Å². The molecule has 0 N–H and O–H groups in total. The summed E-state index contributed by atoms with van der Waals surface area (Å²) in [6.45, 7) is 3.95. The Balaban J connectivity index is 2.04. The van der Waals surface area contributed by atoms with E-state index in [0.29, 0.717) is 22.3 Å². The van der Waals surface area contributed by atoms with Crippen molar-refractivity contribution >= 4 is 22.3 Å². The van der Waals surface area contributed by atoms with Crippen molar-refractivity contribution < 1.29 is 9.59 Å². The van der Waals surface area contributed by atoms with E-state index in [1.165, 1.54) is 0 Å². The Morgan fingerprint density at radius 1 is 0.545 bits per heavy atom. The van der Waals surface area contributed by atoms with Crippen LogP contribution in [0, 0.1) is 13.8 Å². The van der Waals surface area contributed by atoms with E-state index in [2.05, 4.69) is 0 Å². The summed E-state index contributed by atoms with van der Waals surface area (Å²) in [6.07, 6.45) is 0. The molecule has 0 aromatic heterocycles. The van der Waals surface area contributed by atoms with Crippen LogP contribution >= 0.6 is 0 Å². The second-order valence-corrected chi connectivity index (χ2v) is 5.96. The van der Waals surface area contributed by atoms with Gasteiger partial charge in [-0.3, -0.25) is 9.59 Å². The Kier molecular flexibility index (Phi) is 2.58. The van der Waals surface area contributed by atoms with Crippen molar-refractivity contribution in [3.05, 3.63) is 81.9 Å². The Labute approximate surface area is 128 Å². The van der Waals surface area contributed by atoms with Crippen molar-refractivity contribution in [3.63, 3.8) is 0 Å². The van der Waals surface area contributed by atoms with Gasteiger partial charge < -0.3 is 0 Å². The molecule has 22 heavy (non-hydrogen) atoms. The monoisotopic (exact) mass is 286 g/mol. The summed E-state index contributed by atoms with van der Waals surface area (Å²) in [4.78, 5) is 25.5. The molecule has 0 aliphatic heterocycles. The first-order valence-electron chi connectivity index (χ1n) is 7.29. The predicted molar refractivity (Wildman–Crippen MR) is 86.7 cm³/mol. The Morgan fingerprint density at radius 2 is 1.09 bits per heavy atom. The fourth-order valence-electron chi connectivity index (χ4n) is 3.13. The third-order valence-electron chi connectivity index (χ3n) is 4.29. The quantitative estimate of drug-likeness (QED) is 0.484. The van der Waals surface area contributed by atoms with Crippen molar-refractivity contribution in [2.24, 2.45) is 0 Å². The summed E-state index contributed by atoms with van der Waals surface area (Å²) in [5, 5.41) is 1.98. The molecule has 1 aliphatic carbocycles. The zero-order valence-corrected chi connectivity index (χ0v) is 12.4. The maximum Gasteiger partial charge on any atom is 0.194 e. The minimum Gasteiger partial charge on any atom is -0.289 e. The molecule has 0 saturated heterocycles. The topological polar surface area (TPSA) is 34.1 Å². The number of aryl methyl sites for hydroxylation is 2. The highest BCUT2D eigenvalue weighted by Gasteiger charge is 2.29. The first kappa shape index (κ1) is 13.0. The van der Waals surface area contributed by atoms with Gasteiger partial charge in [-0.1, -0.05) is 41.5 Å². The fraction of sp³-hybridized carbons (Fsp3) is 0.100. The molecule has 0 saturated carbocycles. The SMILES string of the molecule is Cc1ccc2c(c1)C(=O)c1cc3cc(C)ccc3cc1C2=O. The van der Waals surface area contributed by atoms with Gasteiger partial charge in [0.2, 0.25) is 0 Å². The highest BCUT2D eigenvalue weighted by atomic mass is 16.1. The molecule has 3 aromatic carbocycles. The fourth-order valence-corrected chi connectivity index (χ4v) is 3.13. The number of hydrogen-bond donors (Lipinski definition) is 0. The Hall–Kier alpha value is -2.74. The van der Waals surface area contributed by atoms with Crippen molar-refractivity contribution in [2.75, 3.05) is 0 Å². The molecular weight excluding hydrogens is 272 g/mol. The molecule has 0 atom stereocenters. The van der Waals surface area contributed by atoms with E-state index in [1.807, 2.05) is 50.2 Å². The molecule has 0 fully saturated rings. The van der Waals surface area contributed by atoms with Crippen LogP contribution in [0.15, 0.2) is 48.5 Å². The normalized spacial score (nSPS) is 13.2. The molecule has 2 heteroatoms. The van der Waals surface area contributed by atoms with E-state index >= 15 is 0 Å². The van der Waals surface area contributed by atoms with Crippen LogP contribution in [0.25, 0.3) is 10.8 Å². The zero-order valence-electron chi connectivity index (χ0n) is 12.4. The maximum absolute atomic E-state index is 12.8. The van der Waals surface area contributed by atoms with Crippen LogP contribution in [0.4, 0.5) is 0 Å². The van der Waals surface area contributed by atoms with Gasteiger partial charge in [0.25, 0.3) is 0 Å². The lowest BCUT2D eigenvalue weighted by molar-refractivity contribution is 0.0979. The van der Waals surface area contributed by atoms with Crippen molar-refractivity contribution in [1.29, 1.82) is 0 Å². The molecule has 0 bridgehead atoms. The van der Waals surface area contributed by atoms with Gasteiger partial charge in [0.15, 0.2) is 11.6 Å². The third-order valence-corrected chi connectivity index (χ3v) is 4.29. The van der Waals surface area contributed by atoms with Gasteiger partial charge in [0.05, 0.1) is 0 Å². The Morgan fingerprint density at radius 3 is 1.86 bits per heavy atom. The predicted octanol–water partition coefficient (Wildman–Crippen LogP) is 4.23. The number of ketones is 2. The minimum absolute atomic E-state index is 0.0586. The first-order chi connectivity index (χ1) is 10.5. The number of benzene rings is 3. The number of carbonyl (C=O) groups excluding carboxylic acids is 2. The molecule has 2 nitrogen and oxygen atoms in total. The van der Waals surface area contributed by atoms with E-state index in [9.17, 15) is 9.59 Å². The lowest BCUT2D eigenvalue weighted by Gasteiger charge is -2.18. The second kappa shape index (κ2) is 4.38. The summed E-state index contributed by atoms with van der Waals surface area (Å²) in [5.74, 6) is -0.121. The van der Waals surface area contributed by atoms with Gasteiger partial charge in [-0.15, -0.1) is 0 Å². The maximum atomic E-state index is 12.8. The standard InChI is InChI=1S/C20H14O2/c1-11-3-5-13-9-17-18(10-14(13)7-11)20(22)16-8-12(2)4-6-15(16)19(17)21/h3-10H,1-2H3. The smallest absolute Gasteiger partial charge is 0.194 e. The van der Waals surface area contributed by atoms with Gasteiger partial charge in [0.1, 0.15) is 0 Å². The van der Waals surface area contributed by atoms with Gasteiger partial charge in [-0.2, -0.15) is 0 Å². The molecule has 106 valence electrons. The van der Waals surface area contributed by atoms with E-state index < -0.39 is 0 Å². The molecule has 4 rings (SSSR count). The zero-order chi connectivity index (χ0) is 15.4.